The second-order valence-corrected chi connectivity index (χ2v) is 8.26. The Hall–Kier alpha value is -3.26. The van der Waals surface area contributed by atoms with Crippen LogP contribution >= 0.6 is 0 Å². The number of methoxy groups -OCH3 is 2. The van der Waals surface area contributed by atoms with Gasteiger partial charge in [-0.3, -0.25) is 0 Å². The fraction of sp³-hybridized carbons (Fsp3) is 0.241. The molecular weight excluding hydrogens is 380 g/mol. The highest BCUT2D eigenvalue weighted by Gasteiger charge is 2.27. The second kappa shape index (κ2) is 9.26. The van der Waals surface area contributed by atoms with E-state index in [1.165, 1.54) is 39.0 Å². The fourth-order valence-corrected chi connectivity index (χ4v) is 4.48. The van der Waals surface area contributed by atoms with Crippen molar-refractivity contribution in [2.24, 2.45) is 0 Å². The third-order valence-electron chi connectivity index (χ3n) is 6.40. The van der Waals surface area contributed by atoms with Crippen LogP contribution in [0, 0.1) is 0 Å². The van der Waals surface area contributed by atoms with E-state index < -0.39 is 0 Å². The molecule has 0 N–H and O–H groups in total. The summed E-state index contributed by atoms with van der Waals surface area (Å²) in [4.78, 5) is 0. The van der Waals surface area contributed by atoms with E-state index in [1.54, 1.807) is 14.2 Å². The lowest BCUT2D eigenvalue weighted by Gasteiger charge is -2.31. The Morgan fingerprint density at radius 1 is 0.677 bits per heavy atom. The lowest BCUT2D eigenvalue weighted by molar-refractivity contribution is 0.414. The zero-order valence-electron chi connectivity index (χ0n) is 18.8. The van der Waals surface area contributed by atoms with Crippen LogP contribution in [0.3, 0.4) is 0 Å². The topological polar surface area (TPSA) is 18.5 Å². The van der Waals surface area contributed by atoms with Crippen molar-refractivity contribution in [3.05, 3.63) is 112 Å². The zero-order chi connectivity index (χ0) is 21.8. The summed E-state index contributed by atoms with van der Waals surface area (Å²) >= 11 is 0. The maximum absolute atomic E-state index is 5.41. The van der Waals surface area contributed by atoms with Crippen LogP contribution in [-0.2, 0) is 0 Å². The largest absolute Gasteiger partial charge is 0.497 e. The minimum absolute atomic E-state index is 0.365. The number of rotatable bonds is 5. The molecule has 0 amide bonds. The van der Waals surface area contributed by atoms with Crippen LogP contribution in [0.1, 0.15) is 49.3 Å². The second-order valence-electron chi connectivity index (χ2n) is 8.26. The molecule has 0 bridgehead atoms. The molecule has 0 spiro atoms. The molecule has 3 aromatic rings. The molecule has 0 aliphatic heterocycles. The molecule has 1 aliphatic carbocycles. The van der Waals surface area contributed by atoms with Crippen molar-refractivity contribution in [2.75, 3.05) is 14.2 Å². The highest BCUT2D eigenvalue weighted by Crippen LogP contribution is 2.45. The van der Waals surface area contributed by atoms with E-state index in [0.29, 0.717) is 5.92 Å². The molecule has 4 rings (SSSR count). The van der Waals surface area contributed by atoms with Crippen LogP contribution in [0.2, 0.25) is 0 Å². The van der Waals surface area contributed by atoms with Crippen molar-refractivity contribution in [3.8, 4) is 11.5 Å². The van der Waals surface area contributed by atoms with Crippen LogP contribution in [0.4, 0.5) is 0 Å². The van der Waals surface area contributed by atoms with Crippen molar-refractivity contribution in [1.29, 1.82) is 0 Å². The Morgan fingerprint density at radius 3 is 1.68 bits per heavy atom. The van der Waals surface area contributed by atoms with Crippen molar-refractivity contribution in [3.63, 3.8) is 0 Å². The lowest BCUT2D eigenvalue weighted by Crippen LogP contribution is -2.13. The van der Waals surface area contributed by atoms with Crippen molar-refractivity contribution in [2.45, 2.75) is 32.6 Å². The number of hydrogen-bond donors (Lipinski definition) is 0. The number of ether oxygens (including phenoxy) is 2. The van der Waals surface area contributed by atoms with E-state index in [2.05, 4.69) is 68.4 Å². The molecule has 2 nitrogen and oxygen atoms in total. The molecule has 0 fully saturated rings. The molecule has 158 valence electrons. The summed E-state index contributed by atoms with van der Waals surface area (Å²) in [5, 5.41) is 0. The van der Waals surface area contributed by atoms with E-state index >= 15 is 0 Å². The van der Waals surface area contributed by atoms with Crippen LogP contribution in [0.15, 0.2) is 95.6 Å². The average molecular weight is 411 g/mol. The van der Waals surface area contributed by atoms with Gasteiger partial charge < -0.3 is 9.47 Å². The van der Waals surface area contributed by atoms with Gasteiger partial charge >= 0.3 is 0 Å². The molecule has 3 aromatic carbocycles. The molecule has 0 saturated heterocycles. The number of benzene rings is 3. The standard InChI is InChI=1S/C29H30O2/c1-20-18-27(22-8-6-5-7-9-22)28(19-21(20)2)29(23-10-14-25(30-3)15-11-23)24-12-16-26(31-4)17-13-24/h5-17,27H,18-19H2,1-4H3. The predicted molar refractivity (Wildman–Crippen MR) is 129 cm³/mol. The molecule has 1 aliphatic rings. The summed E-state index contributed by atoms with van der Waals surface area (Å²) in [5.74, 6) is 2.11. The highest BCUT2D eigenvalue weighted by molar-refractivity contribution is 5.84. The molecular formula is C29H30O2. The number of hydrogen-bond acceptors (Lipinski definition) is 2. The van der Waals surface area contributed by atoms with Gasteiger partial charge in [0, 0.05) is 5.92 Å². The fourth-order valence-electron chi connectivity index (χ4n) is 4.48. The Kier molecular flexibility index (Phi) is 6.27. The SMILES string of the molecule is COc1ccc(C(=C2CC(C)=C(C)CC2c2ccccc2)c2ccc(OC)cc2)cc1. The molecule has 0 aromatic heterocycles. The van der Waals surface area contributed by atoms with E-state index in [9.17, 15) is 0 Å². The van der Waals surface area contributed by atoms with E-state index in [1.807, 2.05) is 24.3 Å². The maximum Gasteiger partial charge on any atom is 0.118 e. The van der Waals surface area contributed by atoms with Crippen molar-refractivity contribution in [1.82, 2.24) is 0 Å². The smallest absolute Gasteiger partial charge is 0.118 e. The molecule has 2 heteroatoms. The van der Waals surface area contributed by atoms with Crippen LogP contribution in [-0.4, -0.2) is 14.2 Å². The molecule has 1 unspecified atom stereocenters. The first-order chi connectivity index (χ1) is 15.1. The van der Waals surface area contributed by atoms with Crippen LogP contribution in [0.25, 0.3) is 5.57 Å². The summed E-state index contributed by atoms with van der Waals surface area (Å²) in [6, 6.07) is 27.8. The van der Waals surface area contributed by atoms with Gasteiger partial charge in [-0.1, -0.05) is 65.7 Å². The Balaban J connectivity index is 1.95. The first-order valence-electron chi connectivity index (χ1n) is 10.8. The van der Waals surface area contributed by atoms with Gasteiger partial charge in [0.15, 0.2) is 0 Å². The third kappa shape index (κ3) is 4.44. The van der Waals surface area contributed by atoms with E-state index in [0.717, 1.165) is 24.3 Å². The Morgan fingerprint density at radius 2 is 1.19 bits per heavy atom. The van der Waals surface area contributed by atoms with Crippen molar-refractivity contribution < 1.29 is 9.47 Å². The zero-order valence-corrected chi connectivity index (χ0v) is 18.8. The van der Waals surface area contributed by atoms with Gasteiger partial charge in [0.05, 0.1) is 14.2 Å². The first-order valence-corrected chi connectivity index (χ1v) is 10.8. The highest BCUT2D eigenvalue weighted by atomic mass is 16.5. The van der Waals surface area contributed by atoms with Gasteiger partial charge in [-0.05, 0) is 78.8 Å². The summed E-state index contributed by atoms with van der Waals surface area (Å²) in [6.07, 6.45) is 2.04. The van der Waals surface area contributed by atoms with E-state index in [-0.39, 0.29) is 0 Å². The van der Waals surface area contributed by atoms with Gasteiger partial charge in [0.2, 0.25) is 0 Å². The maximum atomic E-state index is 5.41. The normalized spacial score (nSPS) is 16.3. The minimum Gasteiger partial charge on any atom is -0.497 e. The van der Waals surface area contributed by atoms with Crippen molar-refractivity contribution >= 4 is 5.57 Å². The van der Waals surface area contributed by atoms with Gasteiger partial charge in [-0.15, -0.1) is 0 Å². The minimum atomic E-state index is 0.365. The first kappa shape index (κ1) is 21.0. The van der Waals surface area contributed by atoms with Gasteiger partial charge in [0.1, 0.15) is 11.5 Å². The third-order valence-corrected chi connectivity index (χ3v) is 6.40. The van der Waals surface area contributed by atoms with Gasteiger partial charge in [0.25, 0.3) is 0 Å². The van der Waals surface area contributed by atoms with Gasteiger partial charge in [-0.2, -0.15) is 0 Å². The Bertz CT molecular complexity index is 1040. The molecule has 0 saturated carbocycles. The molecule has 1 atom stereocenters. The predicted octanol–water partition coefficient (Wildman–Crippen LogP) is 7.42. The molecule has 0 radical (unpaired) electrons. The Labute approximate surface area is 185 Å². The van der Waals surface area contributed by atoms with Crippen LogP contribution in [0.5, 0.6) is 11.5 Å². The lowest BCUT2D eigenvalue weighted by atomic mass is 9.73. The summed E-state index contributed by atoms with van der Waals surface area (Å²) in [7, 11) is 3.42. The molecule has 0 heterocycles. The van der Waals surface area contributed by atoms with E-state index in [4.69, 9.17) is 9.47 Å². The molecule has 31 heavy (non-hydrogen) atoms. The average Bonchev–Trinajstić information content (AvgIpc) is 2.83. The quantitative estimate of drug-likeness (QED) is 0.407. The summed E-state index contributed by atoms with van der Waals surface area (Å²) in [5.41, 5.74) is 9.58. The monoisotopic (exact) mass is 410 g/mol. The van der Waals surface area contributed by atoms with Gasteiger partial charge in [-0.25, -0.2) is 0 Å². The number of allylic oxidation sites excluding steroid dienone is 3. The van der Waals surface area contributed by atoms with Crippen LogP contribution < -0.4 is 9.47 Å². The summed E-state index contributed by atoms with van der Waals surface area (Å²) < 4.78 is 10.8. The summed E-state index contributed by atoms with van der Waals surface area (Å²) in [6.45, 7) is 4.55.